The van der Waals surface area contributed by atoms with Crippen molar-refractivity contribution in [3.8, 4) is 0 Å². The van der Waals surface area contributed by atoms with Crippen LogP contribution in [0.5, 0.6) is 0 Å². The lowest BCUT2D eigenvalue weighted by molar-refractivity contribution is -0.373. The van der Waals surface area contributed by atoms with E-state index in [9.17, 15) is 4.79 Å². The number of Topliss-reactive ketones (excluding diaryl/α,β-unsaturated/α-hetero) is 1. The minimum Gasteiger partial charge on any atom is -0.357 e. The molecule has 0 aliphatic rings. The number of hydrogen-bond donors (Lipinski definition) is 1. The summed E-state index contributed by atoms with van der Waals surface area (Å²) in [5, 5.41) is 4.53. The third-order valence-electron chi connectivity index (χ3n) is 3.24. The Bertz CT molecular complexity index is 571. The third kappa shape index (κ3) is 2.04. The van der Waals surface area contributed by atoms with Crippen LogP contribution in [0.25, 0.3) is 5.52 Å². The number of fused-ring (bicyclic) bond motifs is 1. The van der Waals surface area contributed by atoms with Gasteiger partial charge in [0.2, 0.25) is 0 Å². The van der Waals surface area contributed by atoms with Crippen molar-refractivity contribution in [1.82, 2.24) is 9.61 Å². The first-order valence-electron chi connectivity index (χ1n) is 6.37. The van der Waals surface area contributed by atoms with Gasteiger partial charge in [-0.05, 0) is 25.0 Å². The Morgan fingerprint density at radius 3 is 2.72 bits per heavy atom. The fourth-order valence-corrected chi connectivity index (χ4v) is 2.05. The molecule has 18 heavy (non-hydrogen) atoms. The highest BCUT2D eigenvalue weighted by Crippen LogP contribution is 2.25. The molecule has 2 rings (SSSR count). The van der Waals surface area contributed by atoms with Crippen LogP contribution in [0.15, 0.2) is 24.4 Å². The van der Waals surface area contributed by atoms with E-state index in [0.29, 0.717) is 6.54 Å². The predicted octanol–water partition coefficient (Wildman–Crippen LogP) is 1.52. The van der Waals surface area contributed by atoms with Crippen molar-refractivity contribution in [3.05, 3.63) is 35.7 Å². The van der Waals surface area contributed by atoms with E-state index in [-0.39, 0.29) is 17.6 Å². The van der Waals surface area contributed by atoms with Gasteiger partial charge in [0.25, 0.3) is 0 Å². The highest BCUT2D eigenvalue weighted by molar-refractivity contribution is 6.04. The van der Waals surface area contributed by atoms with Crippen LogP contribution < -0.4 is 5.73 Å². The van der Waals surface area contributed by atoms with Crippen molar-refractivity contribution in [2.75, 3.05) is 6.54 Å². The Morgan fingerprint density at radius 1 is 1.39 bits per heavy atom. The predicted molar refractivity (Wildman–Crippen MR) is 70.5 cm³/mol. The van der Waals surface area contributed by atoms with Crippen molar-refractivity contribution in [2.45, 2.75) is 26.7 Å². The molecule has 0 spiro atoms. The van der Waals surface area contributed by atoms with Crippen LogP contribution >= 0.6 is 0 Å². The van der Waals surface area contributed by atoms with Crippen molar-refractivity contribution >= 4 is 11.3 Å². The van der Waals surface area contributed by atoms with Crippen molar-refractivity contribution in [3.63, 3.8) is 0 Å². The van der Waals surface area contributed by atoms with Gasteiger partial charge in [-0.15, -0.1) is 0 Å². The van der Waals surface area contributed by atoms with Crippen molar-refractivity contribution in [1.29, 1.82) is 0 Å². The third-order valence-corrected chi connectivity index (χ3v) is 3.24. The molecule has 0 aliphatic carbocycles. The van der Waals surface area contributed by atoms with E-state index in [0.717, 1.165) is 16.8 Å². The Kier molecular flexibility index (Phi) is 3.48. The molecule has 0 saturated heterocycles. The minimum absolute atomic E-state index is 0.0595. The molecule has 0 fully saturated rings. The maximum Gasteiger partial charge on any atom is 0.175 e. The summed E-state index contributed by atoms with van der Waals surface area (Å²) in [5.41, 5.74) is 6.36. The lowest BCUT2D eigenvalue weighted by Gasteiger charge is -2.08. The zero-order chi connectivity index (χ0) is 13.3. The number of aromatic nitrogens is 2. The number of ketones is 1. The van der Waals surface area contributed by atoms with E-state index in [1.807, 2.05) is 31.3 Å². The molecular weight excluding hydrogens is 226 g/mol. The van der Waals surface area contributed by atoms with Gasteiger partial charge in [0, 0.05) is 6.20 Å². The molecule has 0 bridgehead atoms. The molecule has 3 N–H and O–H groups in total. The highest BCUT2D eigenvalue weighted by atomic mass is 16.1. The van der Waals surface area contributed by atoms with E-state index < -0.39 is 0 Å². The SMILES string of the molecule is CC(C[NH3+])C(=O)c1c(C(C)C)nn2ccccc12. The van der Waals surface area contributed by atoms with Crippen LogP contribution in [0.2, 0.25) is 0 Å². The first-order valence-corrected chi connectivity index (χ1v) is 6.37. The first-order chi connectivity index (χ1) is 8.56. The van der Waals surface area contributed by atoms with Crippen molar-refractivity contribution in [2.24, 2.45) is 5.92 Å². The smallest absolute Gasteiger partial charge is 0.175 e. The molecule has 0 aromatic carbocycles. The summed E-state index contributed by atoms with van der Waals surface area (Å²) in [5.74, 6) is 0.325. The number of carbonyl (C=O) groups is 1. The Balaban J connectivity index is 2.65. The van der Waals surface area contributed by atoms with Gasteiger partial charge in [0.1, 0.15) is 0 Å². The fraction of sp³-hybridized carbons (Fsp3) is 0.429. The molecule has 4 nitrogen and oxygen atoms in total. The molecule has 0 aliphatic heterocycles. The van der Waals surface area contributed by atoms with E-state index >= 15 is 0 Å². The molecule has 0 radical (unpaired) electrons. The summed E-state index contributed by atoms with van der Waals surface area (Å²) in [6.45, 7) is 6.66. The molecule has 1 unspecified atom stereocenters. The van der Waals surface area contributed by atoms with Gasteiger partial charge in [0.15, 0.2) is 5.78 Å². The van der Waals surface area contributed by atoms with Gasteiger partial charge in [-0.2, -0.15) is 5.10 Å². The van der Waals surface area contributed by atoms with Gasteiger partial charge in [0.05, 0.1) is 29.2 Å². The maximum atomic E-state index is 12.5. The van der Waals surface area contributed by atoms with E-state index in [1.54, 1.807) is 4.52 Å². The van der Waals surface area contributed by atoms with Crippen LogP contribution in [0.4, 0.5) is 0 Å². The normalized spacial score (nSPS) is 13.2. The summed E-state index contributed by atoms with van der Waals surface area (Å²) in [6.07, 6.45) is 1.88. The first kappa shape index (κ1) is 12.8. The highest BCUT2D eigenvalue weighted by Gasteiger charge is 2.25. The quantitative estimate of drug-likeness (QED) is 0.831. The average Bonchev–Trinajstić information content (AvgIpc) is 2.76. The second-order valence-corrected chi connectivity index (χ2v) is 5.00. The molecule has 96 valence electrons. The molecule has 4 heteroatoms. The van der Waals surface area contributed by atoms with E-state index in [4.69, 9.17) is 0 Å². The van der Waals surface area contributed by atoms with Crippen molar-refractivity contribution < 1.29 is 10.5 Å². The Morgan fingerprint density at radius 2 is 2.11 bits per heavy atom. The van der Waals surface area contributed by atoms with Crippen LogP contribution in [-0.2, 0) is 0 Å². The standard InChI is InChI=1S/C14H19N3O/c1-9(2)13-12(14(18)10(3)8-15)11-6-4-5-7-17(11)16-13/h4-7,9-10H,8,15H2,1-3H3/p+1. The Hall–Kier alpha value is -1.68. The molecule has 2 heterocycles. The maximum absolute atomic E-state index is 12.5. The number of quaternary nitrogens is 1. The summed E-state index contributed by atoms with van der Waals surface area (Å²) in [7, 11) is 0. The molecule has 2 aromatic rings. The van der Waals surface area contributed by atoms with E-state index in [1.165, 1.54) is 0 Å². The zero-order valence-corrected chi connectivity index (χ0v) is 11.2. The summed E-state index contributed by atoms with van der Waals surface area (Å²) in [4.78, 5) is 12.5. The molecule has 0 saturated carbocycles. The topological polar surface area (TPSA) is 62.0 Å². The molecule has 1 atom stereocenters. The van der Waals surface area contributed by atoms with Crippen LogP contribution in [0, 0.1) is 5.92 Å². The number of nitrogens with zero attached hydrogens (tertiary/aromatic N) is 2. The monoisotopic (exact) mass is 246 g/mol. The van der Waals surface area contributed by atoms with Gasteiger partial charge in [-0.3, -0.25) is 4.79 Å². The number of carbonyl (C=O) groups excluding carboxylic acids is 1. The lowest BCUT2D eigenvalue weighted by atomic mass is 9.94. The second kappa shape index (κ2) is 4.90. The van der Waals surface area contributed by atoms with Gasteiger partial charge < -0.3 is 5.73 Å². The summed E-state index contributed by atoms with van der Waals surface area (Å²) >= 11 is 0. The fourth-order valence-electron chi connectivity index (χ4n) is 2.05. The number of hydrogen-bond acceptors (Lipinski definition) is 2. The summed E-state index contributed by atoms with van der Waals surface area (Å²) in [6, 6.07) is 5.80. The van der Waals surface area contributed by atoms with Gasteiger partial charge in [-0.1, -0.05) is 19.9 Å². The molecule has 0 amide bonds. The largest absolute Gasteiger partial charge is 0.357 e. The average molecular weight is 246 g/mol. The zero-order valence-electron chi connectivity index (χ0n) is 11.2. The van der Waals surface area contributed by atoms with Crippen LogP contribution in [0.3, 0.4) is 0 Å². The summed E-state index contributed by atoms with van der Waals surface area (Å²) < 4.78 is 1.79. The minimum atomic E-state index is -0.0595. The number of rotatable bonds is 4. The molecular formula is C14H20N3O+. The lowest BCUT2D eigenvalue weighted by Crippen LogP contribution is -2.54. The molecule has 2 aromatic heterocycles. The number of pyridine rings is 1. The van der Waals surface area contributed by atoms with Gasteiger partial charge >= 0.3 is 0 Å². The van der Waals surface area contributed by atoms with E-state index in [2.05, 4.69) is 24.7 Å². The van der Waals surface area contributed by atoms with Crippen LogP contribution in [-0.4, -0.2) is 21.9 Å². The Labute approximate surface area is 107 Å². The van der Waals surface area contributed by atoms with Crippen LogP contribution in [0.1, 0.15) is 42.7 Å². The van der Waals surface area contributed by atoms with Gasteiger partial charge in [-0.25, -0.2) is 4.52 Å². The second-order valence-electron chi connectivity index (χ2n) is 5.00.